The van der Waals surface area contributed by atoms with Gasteiger partial charge in [-0.1, -0.05) is 0 Å². The van der Waals surface area contributed by atoms with Crippen LogP contribution in [-0.2, 0) is 4.79 Å². The molecule has 1 heterocycles. The van der Waals surface area contributed by atoms with Crippen LogP contribution in [0, 0.1) is 0 Å². The van der Waals surface area contributed by atoms with Crippen LogP contribution in [0.25, 0.3) is 0 Å². The molecule has 0 aliphatic heterocycles. The highest BCUT2D eigenvalue weighted by molar-refractivity contribution is 5.97. The summed E-state index contributed by atoms with van der Waals surface area (Å²) in [6.45, 7) is 3.96. The second-order valence-electron chi connectivity index (χ2n) is 5.09. The number of nitrogens with one attached hydrogen (secondary N) is 1. The molecule has 2 N–H and O–H groups in total. The van der Waals surface area contributed by atoms with Gasteiger partial charge in [0.05, 0.1) is 0 Å². The first-order valence-corrected chi connectivity index (χ1v) is 6.19. The zero-order valence-corrected chi connectivity index (χ0v) is 10.6. The summed E-state index contributed by atoms with van der Waals surface area (Å²) in [5.41, 5.74) is -0.541. The van der Waals surface area contributed by atoms with E-state index >= 15 is 0 Å². The Morgan fingerprint density at radius 3 is 2.56 bits per heavy atom. The number of carbonyl (C=O) groups excluding carboxylic acids is 1. The maximum absolute atomic E-state index is 12.1. The minimum absolute atomic E-state index is 0.169. The average Bonchev–Trinajstić information content (AvgIpc) is 2.71. The van der Waals surface area contributed by atoms with Crippen molar-refractivity contribution in [3.63, 3.8) is 0 Å². The number of carbonyl (C=O) groups is 2. The van der Waals surface area contributed by atoms with Gasteiger partial charge in [0.15, 0.2) is 0 Å². The molecule has 1 fully saturated rings. The molecule has 0 aromatic carbocycles. The molecule has 0 bridgehead atoms. The molecule has 1 amide bonds. The third-order valence-corrected chi connectivity index (χ3v) is 3.54. The van der Waals surface area contributed by atoms with Crippen molar-refractivity contribution in [2.75, 3.05) is 0 Å². The van der Waals surface area contributed by atoms with Gasteiger partial charge in [0.1, 0.15) is 11.2 Å². The van der Waals surface area contributed by atoms with Crippen LogP contribution in [0.2, 0.25) is 0 Å². The maximum atomic E-state index is 12.1. The van der Waals surface area contributed by atoms with E-state index < -0.39 is 11.5 Å². The lowest BCUT2D eigenvalue weighted by Gasteiger charge is -2.38. The second kappa shape index (κ2) is 4.48. The summed E-state index contributed by atoms with van der Waals surface area (Å²) in [5, 5.41) is 11.9. The lowest BCUT2D eigenvalue weighted by atomic mass is 9.76. The van der Waals surface area contributed by atoms with Gasteiger partial charge >= 0.3 is 5.97 Å². The Bertz CT molecular complexity index is 472. The number of amides is 1. The fourth-order valence-electron chi connectivity index (χ4n) is 2.24. The maximum Gasteiger partial charge on any atom is 0.329 e. The van der Waals surface area contributed by atoms with Gasteiger partial charge in [0, 0.05) is 12.2 Å². The van der Waals surface area contributed by atoms with Crippen LogP contribution in [0.5, 0.6) is 0 Å². The topological polar surface area (TPSA) is 71.3 Å². The molecule has 0 radical (unpaired) electrons. The van der Waals surface area contributed by atoms with Gasteiger partial charge in [-0.15, -0.1) is 0 Å². The molecule has 2 rings (SSSR count). The van der Waals surface area contributed by atoms with Crippen molar-refractivity contribution in [1.82, 2.24) is 9.88 Å². The van der Waals surface area contributed by atoms with Crippen LogP contribution in [-0.4, -0.2) is 27.1 Å². The predicted molar refractivity (Wildman–Crippen MR) is 66.5 cm³/mol. The molecule has 98 valence electrons. The highest BCUT2D eigenvalue weighted by Crippen LogP contribution is 2.32. The van der Waals surface area contributed by atoms with Gasteiger partial charge in [-0.25, -0.2) is 4.79 Å². The minimum Gasteiger partial charge on any atom is -0.480 e. The summed E-state index contributed by atoms with van der Waals surface area (Å²) in [6, 6.07) is 3.68. The summed E-state index contributed by atoms with van der Waals surface area (Å²) < 4.78 is 1.84. The molecule has 1 aliphatic rings. The first-order chi connectivity index (χ1) is 8.46. The van der Waals surface area contributed by atoms with Gasteiger partial charge in [-0.05, 0) is 45.2 Å². The quantitative estimate of drug-likeness (QED) is 0.856. The van der Waals surface area contributed by atoms with Crippen molar-refractivity contribution in [3.05, 3.63) is 24.0 Å². The minimum atomic E-state index is -1.05. The smallest absolute Gasteiger partial charge is 0.329 e. The number of aromatic nitrogens is 1. The molecule has 5 nitrogen and oxygen atoms in total. The first kappa shape index (κ1) is 12.7. The molecule has 1 aromatic rings. The molecule has 1 aromatic heterocycles. The van der Waals surface area contributed by atoms with E-state index in [-0.39, 0.29) is 11.9 Å². The number of nitrogens with zero attached hydrogens (tertiary/aromatic N) is 1. The number of rotatable bonds is 4. The van der Waals surface area contributed by atoms with Crippen LogP contribution < -0.4 is 5.32 Å². The Kier molecular flexibility index (Phi) is 3.15. The monoisotopic (exact) mass is 250 g/mol. The second-order valence-corrected chi connectivity index (χ2v) is 5.09. The molecule has 0 spiro atoms. The molecule has 1 aliphatic carbocycles. The Hall–Kier alpha value is -1.78. The highest BCUT2D eigenvalue weighted by atomic mass is 16.4. The number of carboxylic acid groups (broad SMARTS) is 1. The highest BCUT2D eigenvalue weighted by Gasteiger charge is 2.46. The van der Waals surface area contributed by atoms with Gasteiger partial charge in [-0.3, -0.25) is 4.79 Å². The number of hydrogen-bond acceptors (Lipinski definition) is 2. The standard InChI is InChI=1S/C13H18N2O3/c1-9(2)15-8-3-5-10(15)11(16)14-13(12(17)18)6-4-7-13/h3,5,8-9H,4,6-7H2,1-2H3,(H,14,16)(H,17,18). The molecule has 5 heteroatoms. The number of hydrogen-bond donors (Lipinski definition) is 2. The Morgan fingerprint density at radius 1 is 1.44 bits per heavy atom. The number of carboxylic acids is 1. The van der Waals surface area contributed by atoms with Crippen LogP contribution in [0.15, 0.2) is 18.3 Å². The zero-order chi connectivity index (χ0) is 13.3. The van der Waals surface area contributed by atoms with E-state index in [1.165, 1.54) is 0 Å². The third kappa shape index (κ3) is 2.00. The fourth-order valence-corrected chi connectivity index (χ4v) is 2.24. The first-order valence-electron chi connectivity index (χ1n) is 6.19. The van der Waals surface area contributed by atoms with Crippen molar-refractivity contribution in [3.8, 4) is 0 Å². The lowest BCUT2D eigenvalue weighted by molar-refractivity contribution is -0.148. The summed E-state index contributed by atoms with van der Waals surface area (Å²) in [4.78, 5) is 23.4. The third-order valence-electron chi connectivity index (χ3n) is 3.54. The normalized spacial score (nSPS) is 17.3. The van der Waals surface area contributed by atoms with E-state index in [0.29, 0.717) is 18.5 Å². The Morgan fingerprint density at radius 2 is 2.11 bits per heavy atom. The molecule has 0 saturated heterocycles. The molecule has 18 heavy (non-hydrogen) atoms. The van der Waals surface area contributed by atoms with E-state index in [1.54, 1.807) is 12.1 Å². The van der Waals surface area contributed by atoms with Gasteiger partial charge in [0.25, 0.3) is 5.91 Å². The van der Waals surface area contributed by atoms with Gasteiger partial charge in [0.2, 0.25) is 0 Å². The molecular weight excluding hydrogens is 232 g/mol. The van der Waals surface area contributed by atoms with Crippen molar-refractivity contribution in [1.29, 1.82) is 0 Å². The molecular formula is C13H18N2O3. The van der Waals surface area contributed by atoms with Gasteiger partial charge in [-0.2, -0.15) is 0 Å². The van der Waals surface area contributed by atoms with Gasteiger partial charge < -0.3 is 15.0 Å². The summed E-state index contributed by atoms with van der Waals surface area (Å²) in [5.74, 6) is -1.25. The molecule has 1 saturated carbocycles. The zero-order valence-electron chi connectivity index (χ0n) is 10.6. The average molecular weight is 250 g/mol. The summed E-state index contributed by atoms with van der Waals surface area (Å²) in [6.07, 6.45) is 3.69. The number of aliphatic carboxylic acids is 1. The van der Waals surface area contributed by atoms with E-state index in [1.807, 2.05) is 24.6 Å². The lowest BCUT2D eigenvalue weighted by Crippen LogP contribution is -2.59. The van der Waals surface area contributed by atoms with Crippen LogP contribution in [0.1, 0.15) is 49.6 Å². The van der Waals surface area contributed by atoms with Crippen molar-refractivity contribution in [2.45, 2.75) is 44.7 Å². The van der Waals surface area contributed by atoms with Crippen molar-refractivity contribution < 1.29 is 14.7 Å². The predicted octanol–water partition coefficient (Wildman–Crippen LogP) is 1.81. The van der Waals surface area contributed by atoms with E-state index in [9.17, 15) is 14.7 Å². The largest absolute Gasteiger partial charge is 0.480 e. The summed E-state index contributed by atoms with van der Waals surface area (Å²) in [7, 11) is 0. The molecule has 0 unspecified atom stereocenters. The van der Waals surface area contributed by atoms with Crippen LogP contribution >= 0.6 is 0 Å². The van der Waals surface area contributed by atoms with E-state index in [2.05, 4.69) is 5.32 Å². The Labute approximate surface area is 106 Å². The Balaban J connectivity index is 2.17. The van der Waals surface area contributed by atoms with E-state index in [0.717, 1.165) is 6.42 Å². The SMILES string of the molecule is CC(C)n1cccc1C(=O)NC1(C(=O)O)CCC1. The fraction of sp³-hybridized carbons (Fsp3) is 0.538. The summed E-state index contributed by atoms with van der Waals surface area (Å²) >= 11 is 0. The van der Waals surface area contributed by atoms with Crippen molar-refractivity contribution >= 4 is 11.9 Å². The molecule has 0 atom stereocenters. The van der Waals surface area contributed by atoms with Crippen LogP contribution in [0.3, 0.4) is 0 Å². The van der Waals surface area contributed by atoms with Crippen LogP contribution in [0.4, 0.5) is 0 Å². The van der Waals surface area contributed by atoms with E-state index in [4.69, 9.17) is 0 Å². The van der Waals surface area contributed by atoms with Crippen molar-refractivity contribution in [2.24, 2.45) is 0 Å².